The van der Waals surface area contributed by atoms with Crippen molar-refractivity contribution < 1.29 is 9.53 Å². The van der Waals surface area contributed by atoms with Crippen LogP contribution in [0.4, 0.5) is 0 Å². The Morgan fingerprint density at radius 3 is 2.72 bits per heavy atom. The molecule has 0 aromatic heterocycles. The Bertz CT molecular complexity index is 417. The number of morpholine rings is 1. The standard InChI is InChI=1S/C14H18N2O2/c17-14(12-8-15-9-12)16-6-7-18-13(10-16)11-4-2-1-3-5-11/h1-5,12-13,15H,6-10H2. The fraction of sp³-hybridized carbons (Fsp3) is 0.500. The number of nitrogens with one attached hydrogen (secondary N) is 1. The minimum atomic E-state index is 0.0249. The van der Waals surface area contributed by atoms with Gasteiger partial charge in [-0.25, -0.2) is 0 Å². The molecular formula is C14H18N2O2. The highest BCUT2D eigenvalue weighted by molar-refractivity contribution is 5.80. The molecule has 2 saturated heterocycles. The summed E-state index contributed by atoms with van der Waals surface area (Å²) < 4.78 is 5.77. The highest BCUT2D eigenvalue weighted by Crippen LogP contribution is 2.23. The summed E-state index contributed by atoms with van der Waals surface area (Å²) in [7, 11) is 0. The molecule has 0 aliphatic carbocycles. The molecule has 0 bridgehead atoms. The second-order valence-electron chi connectivity index (χ2n) is 4.91. The van der Waals surface area contributed by atoms with E-state index in [1.165, 1.54) is 0 Å². The van der Waals surface area contributed by atoms with Gasteiger partial charge in [-0.2, -0.15) is 0 Å². The van der Waals surface area contributed by atoms with Crippen LogP contribution in [0.3, 0.4) is 0 Å². The van der Waals surface area contributed by atoms with Crippen LogP contribution in [0.5, 0.6) is 0 Å². The van der Waals surface area contributed by atoms with Gasteiger partial charge in [-0.15, -0.1) is 0 Å². The lowest BCUT2D eigenvalue weighted by Gasteiger charge is -2.37. The summed E-state index contributed by atoms with van der Waals surface area (Å²) >= 11 is 0. The Balaban J connectivity index is 1.66. The zero-order chi connectivity index (χ0) is 12.4. The average molecular weight is 246 g/mol. The number of carbonyl (C=O) groups is 1. The molecule has 2 heterocycles. The van der Waals surface area contributed by atoms with Crippen LogP contribution in [0.2, 0.25) is 0 Å². The second-order valence-corrected chi connectivity index (χ2v) is 4.91. The van der Waals surface area contributed by atoms with Gasteiger partial charge in [-0.05, 0) is 5.56 Å². The molecule has 1 atom stereocenters. The monoisotopic (exact) mass is 246 g/mol. The van der Waals surface area contributed by atoms with Gasteiger partial charge in [-0.3, -0.25) is 4.79 Å². The molecule has 96 valence electrons. The van der Waals surface area contributed by atoms with E-state index in [-0.39, 0.29) is 17.9 Å². The van der Waals surface area contributed by atoms with Crippen LogP contribution in [-0.2, 0) is 9.53 Å². The van der Waals surface area contributed by atoms with Gasteiger partial charge in [-0.1, -0.05) is 30.3 Å². The smallest absolute Gasteiger partial charge is 0.228 e. The molecule has 3 rings (SSSR count). The molecule has 4 heteroatoms. The van der Waals surface area contributed by atoms with Crippen LogP contribution >= 0.6 is 0 Å². The SMILES string of the molecule is O=C(C1CNC1)N1CCOC(c2ccccc2)C1. The van der Waals surface area contributed by atoms with Crippen molar-refractivity contribution in [2.24, 2.45) is 5.92 Å². The maximum Gasteiger partial charge on any atom is 0.228 e. The van der Waals surface area contributed by atoms with E-state index in [1.54, 1.807) is 0 Å². The molecule has 4 nitrogen and oxygen atoms in total. The molecule has 18 heavy (non-hydrogen) atoms. The third kappa shape index (κ3) is 2.26. The molecular weight excluding hydrogens is 228 g/mol. The minimum Gasteiger partial charge on any atom is -0.370 e. The van der Waals surface area contributed by atoms with E-state index in [0.717, 1.165) is 25.2 Å². The van der Waals surface area contributed by atoms with Crippen LogP contribution in [0.25, 0.3) is 0 Å². The van der Waals surface area contributed by atoms with Crippen molar-refractivity contribution in [2.45, 2.75) is 6.10 Å². The molecule has 1 amide bonds. The molecule has 1 unspecified atom stereocenters. The first-order valence-corrected chi connectivity index (χ1v) is 6.50. The fourth-order valence-electron chi connectivity index (χ4n) is 2.44. The van der Waals surface area contributed by atoms with Crippen molar-refractivity contribution in [3.8, 4) is 0 Å². The van der Waals surface area contributed by atoms with E-state index in [2.05, 4.69) is 17.4 Å². The van der Waals surface area contributed by atoms with Gasteiger partial charge < -0.3 is 15.0 Å². The summed E-state index contributed by atoms with van der Waals surface area (Å²) in [5, 5.41) is 3.15. The zero-order valence-corrected chi connectivity index (χ0v) is 10.3. The van der Waals surface area contributed by atoms with Gasteiger partial charge in [0.25, 0.3) is 0 Å². The maximum atomic E-state index is 12.2. The molecule has 2 aliphatic heterocycles. The molecule has 0 radical (unpaired) electrons. The highest BCUT2D eigenvalue weighted by atomic mass is 16.5. The van der Waals surface area contributed by atoms with E-state index in [1.807, 2.05) is 23.1 Å². The summed E-state index contributed by atoms with van der Waals surface area (Å²) in [4.78, 5) is 14.1. The Kier molecular flexibility index (Phi) is 3.30. The second kappa shape index (κ2) is 5.08. The van der Waals surface area contributed by atoms with E-state index in [9.17, 15) is 4.79 Å². The van der Waals surface area contributed by atoms with Crippen molar-refractivity contribution in [3.63, 3.8) is 0 Å². The third-order valence-corrected chi connectivity index (χ3v) is 3.68. The molecule has 0 spiro atoms. The Morgan fingerprint density at radius 1 is 1.28 bits per heavy atom. The van der Waals surface area contributed by atoms with Gasteiger partial charge in [0.05, 0.1) is 19.1 Å². The van der Waals surface area contributed by atoms with Crippen molar-refractivity contribution >= 4 is 5.91 Å². The normalized spacial score (nSPS) is 24.7. The van der Waals surface area contributed by atoms with Gasteiger partial charge >= 0.3 is 0 Å². The molecule has 1 aromatic rings. The number of ether oxygens (including phenoxy) is 1. The number of hydrogen-bond donors (Lipinski definition) is 1. The lowest BCUT2D eigenvalue weighted by atomic mass is 10.0. The van der Waals surface area contributed by atoms with Crippen LogP contribution in [0.15, 0.2) is 30.3 Å². The van der Waals surface area contributed by atoms with E-state index in [4.69, 9.17) is 4.74 Å². The Morgan fingerprint density at radius 2 is 2.06 bits per heavy atom. The van der Waals surface area contributed by atoms with Crippen LogP contribution in [0, 0.1) is 5.92 Å². The quantitative estimate of drug-likeness (QED) is 0.839. The number of nitrogens with zero attached hydrogens (tertiary/aromatic N) is 1. The Hall–Kier alpha value is -1.39. The molecule has 0 saturated carbocycles. The fourth-order valence-corrected chi connectivity index (χ4v) is 2.44. The van der Waals surface area contributed by atoms with Crippen molar-refractivity contribution in [1.29, 1.82) is 0 Å². The average Bonchev–Trinajstić information content (AvgIpc) is 2.38. The van der Waals surface area contributed by atoms with Crippen LogP contribution < -0.4 is 5.32 Å². The summed E-state index contributed by atoms with van der Waals surface area (Å²) in [6.07, 6.45) is 0.0249. The lowest BCUT2D eigenvalue weighted by Crippen LogP contribution is -2.54. The summed E-state index contributed by atoms with van der Waals surface area (Å²) in [5.74, 6) is 0.456. The van der Waals surface area contributed by atoms with E-state index in [0.29, 0.717) is 13.2 Å². The van der Waals surface area contributed by atoms with E-state index < -0.39 is 0 Å². The first-order valence-electron chi connectivity index (χ1n) is 6.50. The molecule has 2 fully saturated rings. The van der Waals surface area contributed by atoms with Gasteiger partial charge in [0.15, 0.2) is 0 Å². The van der Waals surface area contributed by atoms with Gasteiger partial charge in [0.1, 0.15) is 6.10 Å². The van der Waals surface area contributed by atoms with Crippen molar-refractivity contribution in [3.05, 3.63) is 35.9 Å². The largest absolute Gasteiger partial charge is 0.370 e. The Labute approximate surface area is 107 Å². The topological polar surface area (TPSA) is 41.6 Å². The van der Waals surface area contributed by atoms with E-state index >= 15 is 0 Å². The number of hydrogen-bond acceptors (Lipinski definition) is 3. The number of amides is 1. The van der Waals surface area contributed by atoms with Crippen molar-refractivity contribution in [2.75, 3.05) is 32.8 Å². The predicted molar refractivity (Wildman–Crippen MR) is 68.1 cm³/mol. The first-order chi connectivity index (χ1) is 8.84. The lowest BCUT2D eigenvalue weighted by molar-refractivity contribution is -0.144. The number of benzene rings is 1. The first kappa shape index (κ1) is 11.7. The number of rotatable bonds is 2. The maximum absolute atomic E-state index is 12.2. The predicted octanol–water partition coefficient (Wildman–Crippen LogP) is 0.806. The van der Waals surface area contributed by atoms with Gasteiger partial charge in [0, 0.05) is 19.6 Å². The summed E-state index contributed by atoms with van der Waals surface area (Å²) in [6, 6.07) is 10.1. The van der Waals surface area contributed by atoms with Crippen LogP contribution in [0.1, 0.15) is 11.7 Å². The summed E-state index contributed by atoms with van der Waals surface area (Å²) in [6.45, 7) is 3.68. The minimum absolute atomic E-state index is 0.0249. The van der Waals surface area contributed by atoms with Gasteiger partial charge in [0.2, 0.25) is 5.91 Å². The molecule has 1 aromatic carbocycles. The number of carbonyl (C=O) groups excluding carboxylic acids is 1. The summed E-state index contributed by atoms with van der Waals surface area (Å²) in [5.41, 5.74) is 1.15. The van der Waals surface area contributed by atoms with Crippen molar-refractivity contribution in [1.82, 2.24) is 10.2 Å². The highest BCUT2D eigenvalue weighted by Gasteiger charge is 2.32. The molecule has 2 aliphatic rings. The zero-order valence-electron chi connectivity index (χ0n) is 10.3. The third-order valence-electron chi connectivity index (χ3n) is 3.68. The van der Waals surface area contributed by atoms with Crippen LogP contribution in [-0.4, -0.2) is 43.6 Å². The molecule has 1 N–H and O–H groups in total.